The Morgan fingerprint density at radius 1 is 1.41 bits per heavy atom. The highest BCUT2D eigenvalue weighted by molar-refractivity contribution is 5.93. The van der Waals surface area contributed by atoms with Crippen LogP contribution in [0, 0.1) is 0 Å². The Labute approximate surface area is 135 Å². The summed E-state index contributed by atoms with van der Waals surface area (Å²) in [5.74, 6) is -0.0525. The van der Waals surface area contributed by atoms with Gasteiger partial charge in [-0.3, -0.25) is 4.79 Å². The number of amides is 1. The van der Waals surface area contributed by atoms with Gasteiger partial charge in [0, 0.05) is 25.5 Å². The van der Waals surface area contributed by atoms with Gasteiger partial charge in [0.05, 0.1) is 30.5 Å². The molecule has 2 N–H and O–H groups in total. The molecule has 0 radical (unpaired) electrons. The zero-order valence-corrected chi connectivity index (χ0v) is 12.9. The molecule has 2 heterocycles. The quantitative estimate of drug-likeness (QED) is 0.897. The number of hydrogen-bond donors (Lipinski definition) is 2. The van der Waals surface area contributed by atoms with Crippen molar-refractivity contribution in [3.63, 3.8) is 0 Å². The fraction of sp³-hybridized carbons (Fsp3) is 0.333. The zero-order chi connectivity index (χ0) is 14.5. The highest BCUT2D eigenvalue weighted by Gasteiger charge is 2.18. The first-order valence-electron chi connectivity index (χ1n) is 7.04. The van der Waals surface area contributed by atoms with E-state index >= 15 is 0 Å². The maximum atomic E-state index is 12.2. The molecular weight excluding hydrogens is 304 g/mol. The van der Waals surface area contributed by atoms with Gasteiger partial charge in [-0.2, -0.15) is 5.10 Å². The van der Waals surface area contributed by atoms with Gasteiger partial charge in [0.25, 0.3) is 0 Å². The zero-order valence-electron chi connectivity index (χ0n) is 12.1. The molecule has 1 amide bonds. The lowest BCUT2D eigenvalue weighted by Gasteiger charge is -2.23. The molecule has 2 aromatic rings. The van der Waals surface area contributed by atoms with Gasteiger partial charge in [0.1, 0.15) is 0 Å². The van der Waals surface area contributed by atoms with E-state index in [9.17, 15) is 4.79 Å². The van der Waals surface area contributed by atoms with E-state index in [0.29, 0.717) is 19.6 Å². The summed E-state index contributed by atoms with van der Waals surface area (Å²) in [6.07, 6.45) is 3.84. The third kappa shape index (κ3) is 4.07. The van der Waals surface area contributed by atoms with Crippen LogP contribution in [0.5, 0.6) is 0 Å². The number of carbonyl (C=O) groups is 1. The number of carbonyl (C=O) groups excluding carboxylic acids is 1. The van der Waals surface area contributed by atoms with Crippen molar-refractivity contribution in [2.45, 2.75) is 12.5 Å². The Balaban J connectivity index is 0.00000176. The van der Waals surface area contributed by atoms with Crippen LogP contribution in [0.1, 0.15) is 6.42 Å². The van der Waals surface area contributed by atoms with Crippen LogP contribution >= 0.6 is 12.4 Å². The molecule has 1 aliphatic rings. The van der Waals surface area contributed by atoms with Gasteiger partial charge in [-0.1, -0.05) is 12.1 Å². The number of ether oxygens (including phenoxy) is 1. The number of aromatic nitrogens is 2. The van der Waals surface area contributed by atoms with E-state index in [1.807, 2.05) is 36.5 Å². The molecule has 0 saturated carbocycles. The van der Waals surface area contributed by atoms with Gasteiger partial charge >= 0.3 is 0 Å². The SMILES string of the molecule is Cl.O=C(CC1CNCCO1)Nc1ccccc1-n1cccn1. The Kier molecular flexibility index (Phi) is 5.94. The molecular formula is C15H19ClN4O2. The predicted molar refractivity (Wildman–Crippen MR) is 86.7 cm³/mol. The van der Waals surface area contributed by atoms with Gasteiger partial charge in [-0.05, 0) is 18.2 Å². The van der Waals surface area contributed by atoms with Crippen molar-refractivity contribution >= 4 is 24.0 Å². The summed E-state index contributed by atoms with van der Waals surface area (Å²) in [7, 11) is 0. The fourth-order valence-corrected chi connectivity index (χ4v) is 2.35. The second kappa shape index (κ2) is 7.93. The third-order valence-corrected chi connectivity index (χ3v) is 3.35. The summed E-state index contributed by atoms with van der Waals surface area (Å²) < 4.78 is 7.28. The van der Waals surface area contributed by atoms with Crippen LogP contribution in [0.4, 0.5) is 5.69 Å². The lowest BCUT2D eigenvalue weighted by Crippen LogP contribution is -2.40. The topological polar surface area (TPSA) is 68.2 Å². The molecule has 22 heavy (non-hydrogen) atoms. The van der Waals surface area contributed by atoms with Crippen molar-refractivity contribution in [3.8, 4) is 5.69 Å². The molecule has 3 rings (SSSR count). The highest BCUT2D eigenvalue weighted by Crippen LogP contribution is 2.19. The third-order valence-electron chi connectivity index (χ3n) is 3.35. The van der Waals surface area contributed by atoms with Crippen molar-refractivity contribution < 1.29 is 9.53 Å². The Bertz CT molecular complexity index is 597. The van der Waals surface area contributed by atoms with E-state index in [-0.39, 0.29) is 24.4 Å². The average molecular weight is 323 g/mol. The number of anilines is 1. The summed E-state index contributed by atoms with van der Waals surface area (Å²) in [4.78, 5) is 12.2. The minimum absolute atomic E-state index is 0. The van der Waals surface area contributed by atoms with Crippen LogP contribution < -0.4 is 10.6 Å². The molecule has 1 saturated heterocycles. The van der Waals surface area contributed by atoms with Crippen LogP contribution in [0.25, 0.3) is 5.69 Å². The van der Waals surface area contributed by atoms with Gasteiger partial charge < -0.3 is 15.4 Å². The monoisotopic (exact) mass is 322 g/mol. The largest absolute Gasteiger partial charge is 0.375 e. The van der Waals surface area contributed by atoms with Gasteiger partial charge in [0.15, 0.2) is 0 Å². The van der Waals surface area contributed by atoms with Crippen molar-refractivity contribution in [2.24, 2.45) is 0 Å². The summed E-state index contributed by atoms with van der Waals surface area (Å²) in [5, 5.41) is 10.4. The number of nitrogens with one attached hydrogen (secondary N) is 2. The second-order valence-electron chi connectivity index (χ2n) is 4.92. The molecule has 1 aromatic carbocycles. The summed E-state index contributed by atoms with van der Waals surface area (Å²) in [5.41, 5.74) is 1.59. The second-order valence-corrected chi connectivity index (χ2v) is 4.92. The van der Waals surface area contributed by atoms with E-state index in [4.69, 9.17) is 4.74 Å². The molecule has 0 aliphatic carbocycles. The maximum Gasteiger partial charge on any atom is 0.227 e. The van der Waals surface area contributed by atoms with E-state index < -0.39 is 0 Å². The molecule has 0 spiro atoms. The van der Waals surface area contributed by atoms with Crippen molar-refractivity contribution in [1.82, 2.24) is 15.1 Å². The molecule has 1 unspecified atom stereocenters. The molecule has 6 nitrogen and oxygen atoms in total. The first-order chi connectivity index (χ1) is 10.3. The molecule has 118 valence electrons. The maximum absolute atomic E-state index is 12.2. The molecule has 1 aromatic heterocycles. The first kappa shape index (κ1) is 16.5. The van der Waals surface area contributed by atoms with E-state index in [1.54, 1.807) is 10.9 Å². The van der Waals surface area contributed by atoms with E-state index in [2.05, 4.69) is 15.7 Å². The lowest BCUT2D eigenvalue weighted by molar-refractivity contribution is -0.119. The highest BCUT2D eigenvalue weighted by atomic mass is 35.5. The van der Waals surface area contributed by atoms with E-state index in [1.165, 1.54) is 0 Å². The van der Waals surface area contributed by atoms with Crippen LogP contribution in [0.15, 0.2) is 42.7 Å². The Hall–Kier alpha value is -1.89. The molecule has 1 aliphatic heterocycles. The molecule has 1 atom stereocenters. The minimum Gasteiger partial charge on any atom is -0.375 e. The summed E-state index contributed by atoms with van der Waals surface area (Å²) >= 11 is 0. The van der Waals surface area contributed by atoms with Gasteiger partial charge in [0.2, 0.25) is 5.91 Å². The molecule has 7 heteroatoms. The number of nitrogens with zero attached hydrogens (tertiary/aromatic N) is 2. The summed E-state index contributed by atoms with van der Waals surface area (Å²) in [6.45, 7) is 2.22. The van der Waals surface area contributed by atoms with Crippen LogP contribution in [0.3, 0.4) is 0 Å². The molecule has 1 fully saturated rings. The van der Waals surface area contributed by atoms with Crippen molar-refractivity contribution in [1.29, 1.82) is 0 Å². The standard InChI is InChI=1S/C15H18N4O2.ClH/c20-15(10-12-11-16-7-9-21-12)18-13-4-1-2-5-14(13)19-8-3-6-17-19;/h1-6,8,12,16H,7,9-11H2,(H,18,20);1H. The number of hydrogen-bond acceptors (Lipinski definition) is 4. The predicted octanol–water partition coefficient (Wildman–Crippen LogP) is 1.61. The number of halogens is 1. The van der Waals surface area contributed by atoms with Crippen LogP contribution in [-0.4, -0.2) is 41.5 Å². The number of rotatable bonds is 4. The van der Waals surface area contributed by atoms with E-state index in [0.717, 1.165) is 17.9 Å². The Morgan fingerprint density at radius 2 is 2.27 bits per heavy atom. The lowest BCUT2D eigenvalue weighted by atomic mass is 10.2. The normalized spacial score (nSPS) is 17.5. The van der Waals surface area contributed by atoms with Crippen molar-refractivity contribution in [3.05, 3.63) is 42.7 Å². The smallest absolute Gasteiger partial charge is 0.227 e. The van der Waals surface area contributed by atoms with Crippen LogP contribution in [-0.2, 0) is 9.53 Å². The number of para-hydroxylation sites is 2. The first-order valence-corrected chi connectivity index (χ1v) is 7.04. The Morgan fingerprint density at radius 3 is 3.00 bits per heavy atom. The average Bonchev–Trinajstić information content (AvgIpc) is 3.03. The minimum atomic E-state index is -0.0596. The van der Waals surface area contributed by atoms with Gasteiger partial charge in [-0.25, -0.2) is 4.68 Å². The number of benzene rings is 1. The van der Waals surface area contributed by atoms with Crippen molar-refractivity contribution in [2.75, 3.05) is 25.0 Å². The van der Waals surface area contributed by atoms with Crippen LogP contribution in [0.2, 0.25) is 0 Å². The van der Waals surface area contributed by atoms with Gasteiger partial charge in [-0.15, -0.1) is 12.4 Å². The number of morpholine rings is 1. The fourth-order valence-electron chi connectivity index (χ4n) is 2.35. The summed E-state index contributed by atoms with van der Waals surface area (Å²) in [6, 6.07) is 9.44. The molecule has 0 bridgehead atoms.